The van der Waals surface area contributed by atoms with Crippen LogP contribution in [0.4, 0.5) is 0 Å². The Kier molecular flexibility index (Phi) is 4.84. The summed E-state index contributed by atoms with van der Waals surface area (Å²) < 4.78 is 3.27. The molecule has 0 aliphatic carbocycles. The molecule has 0 atom stereocenters. The maximum absolute atomic E-state index is 12.6. The van der Waals surface area contributed by atoms with Gasteiger partial charge in [0.1, 0.15) is 6.54 Å². The molecule has 3 heterocycles. The molecule has 4 rings (SSSR count). The third-order valence-corrected chi connectivity index (χ3v) is 5.87. The smallest absolute Gasteiger partial charge is 0.329 e. The Labute approximate surface area is 165 Å². The van der Waals surface area contributed by atoms with Crippen molar-refractivity contribution in [1.29, 1.82) is 0 Å². The second-order valence-electron chi connectivity index (χ2n) is 6.99. The normalized spacial score (nSPS) is 15.1. The Bertz CT molecular complexity index is 1130. The second kappa shape index (κ2) is 7.14. The standard InChI is InChI=1S/C18H19Cl2N5O2/c1-23-16-15(17(26)22-18(23)27)25(9-11-4-5-12(19)13(20)8-11)14(21-16)10-24-6-2-3-7-24/h4-5,8H,2-3,6-7,9-10H2,1H3,(H,22,26,27)/p+1. The first-order valence-electron chi connectivity index (χ1n) is 8.90. The van der Waals surface area contributed by atoms with Gasteiger partial charge in [0.05, 0.1) is 23.1 Å². The summed E-state index contributed by atoms with van der Waals surface area (Å²) in [6.07, 6.45) is 2.39. The van der Waals surface area contributed by atoms with Crippen LogP contribution in [0.5, 0.6) is 0 Å². The molecule has 27 heavy (non-hydrogen) atoms. The van der Waals surface area contributed by atoms with Gasteiger partial charge in [0.2, 0.25) is 0 Å². The fourth-order valence-corrected chi connectivity index (χ4v) is 4.00. The number of aromatic amines is 1. The Hall–Kier alpha value is -2.09. The average Bonchev–Trinajstić information content (AvgIpc) is 3.25. The van der Waals surface area contributed by atoms with Gasteiger partial charge in [-0.15, -0.1) is 0 Å². The Morgan fingerprint density at radius 2 is 1.93 bits per heavy atom. The van der Waals surface area contributed by atoms with Gasteiger partial charge in [-0.3, -0.25) is 14.3 Å². The van der Waals surface area contributed by atoms with E-state index in [1.54, 1.807) is 19.2 Å². The third-order valence-electron chi connectivity index (χ3n) is 5.13. The van der Waals surface area contributed by atoms with Gasteiger partial charge in [0.25, 0.3) is 5.56 Å². The van der Waals surface area contributed by atoms with E-state index in [9.17, 15) is 9.59 Å². The van der Waals surface area contributed by atoms with Crippen LogP contribution < -0.4 is 16.1 Å². The molecule has 142 valence electrons. The van der Waals surface area contributed by atoms with Crippen LogP contribution >= 0.6 is 23.2 Å². The van der Waals surface area contributed by atoms with Crippen molar-refractivity contribution in [1.82, 2.24) is 19.1 Å². The van der Waals surface area contributed by atoms with Crippen molar-refractivity contribution in [3.05, 3.63) is 60.5 Å². The third kappa shape index (κ3) is 3.42. The largest absolute Gasteiger partial charge is 0.329 e. The van der Waals surface area contributed by atoms with Gasteiger partial charge in [0.15, 0.2) is 17.0 Å². The molecule has 0 radical (unpaired) electrons. The van der Waals surface area contributed by atoms with Crippen LogP contribution in [-0.4, -0.2) is 32.2 Å². The first kappa shape index (κ1) is 18.3. The number of rotatable bonds is 4. The fraction of sp³-hybridized carbons (Fsp3) is 0.389. The van der Waals surface area contributed by atoms with E-state index in [1.807, 2.05) is 10.6 Å². The van der Waals surface area contributed by atoms with E-state index in [2.05, 4.69) is 9.97 Å². The zero-order valence-corrected chi connectivity index (χ0v) is 16.4. The van der Waals surface area contributed by atoms with Crippen molar-refractivity contribution in [2.75, 3.05) is 13.1 Å². The minimum Gasteiger partial charge on any atom is -0.329 e. The van der Waals surface area contributed by atoms with Gasteiger partial charge >= 0.3 is 5.69 Å². The number of nitrogens with one attached hydrogen (secondary N) is 2. The second-order valence-corrected chi connectivity index (χ2v) is 7.80. The summed E-state index contributed by atoms with van der Waals surface area (Å²) in [6, 6.07) is 5.41. The summed E-state index contributed by atoms with van der Waals surface area (Å²) in [5.74, 6) is 0.791. The molecule has 0 spiro atoms. The highest BCUT2D eigenvalue weighted by Gasteiger charge is 2.23. The summed E-state index contributed by atoms with van der Waals surface area (Å²) in [5, 5.41) is 0.949. The molecule has 2 N–H and O–H groups in total. The number of halogens is 2. The van der Waals surface area contributed by atoms with Crippen molar-refractivity contribution in [3.63, 3.8) is 0 Å². The molecular formula is C18H20Cl2N5O2+. The number of imidazole rings is 1. The van der Waals surface area contributed by atoms with Crippen molar-refractivity contribution in [3.8, 4) is 0 Å². The van der Waals surface area contributed by atoms with E-state index in [1.165, 1.54) is 22.3 Å². The lowest BCUT2D eigenvalue weighted by Gasteiger charge is -2.14. The molecule has 1 fully saturated rings. The lowest BCUT2D eigenvalue weighted by atomic mass is 10.2. The number of aryl methyl sites for hydroxylation is 1. The van der Waals surface area contributed by atoms with Crippen LogP contribution in [0, 0.1) is 0 Å². The van der Waals surface area contributed by atoms with E-state index in [0.29, 0.717) is 34.3 Å². The molecule has 0 bridgehead atoms. The lowest BCUT2D eigenvalue weighted by Crippen LogP contribution is -3.08. The van der Waals surface area contributed by atoms with Crippen LogP contribution in [0.3, 0.4) is 0 Å². The number of hydrogen-bond donors (Lipinski definition) is 2. The first-order valence-corrected chi connectivity index (χ1v) is 9.65. The van der Waals surface area contributed by atoms with Gasteiger partial charge < -0.3 is 9.47 Å². The SMILES string of the molecule is Cn1c(=O)[nH]c(=O)c2c1nc(C[NH+]1CCCC1)n2Cc1ccc(Cl)c(Cl)c1. The van der Waals surface area contributed by atoms with Crippen LogP contribution in [-0.2, 0) is 20.1 Å². The van der Waals surface area contributed by atoms with Crippen molar-refractivity contribution >= 4 is 34.4 Å². The number of benzene rings is 1. The highest BCUT2D eigenvalue weighted by atomic mass is 35.5. The summed E-state index contributed by atoms with van der Waals surface area (Å²) in [6.45, 7) is 3.32. The Morgan fingerprint density at radius 3 is 2.63 bits per heavy atom. The zero-order chi connectivity index (χ0) is 19.1. The number of nitrogens with zero attached hydrogens (tertiary/aromatic N) is 3. The van der Waals surface area contributed by atoms with Crippen LogP contribution in [0.15, 0.2) is 27.8 Å². The van der Waals surface area contributed by atoms with Gasteiger partial charge in [-0.1, -0.05) is 29.3 Å². The van der Waals surface area contributed by atoms with E-state index in [4.69, 9.17) is 23.2 Å². The van der Waals surface area contributed by atoms with Crippen LogP contribution in [0.2, 0.25) is 10.0 Å². The Balaban J connectivity index is 1.86. The highest BCUT2D eigenvalue weighted by molar-refractivity contribution is 6.42. The number of aromatic nitrogens is 4. The van der Waals surface area contributed by atoms with Gasteiger partial charge in [0, 0.05) is 26.4 Å². The van der Waals surface area contributed by atoms with Gasteiger partial charge in [-0.25, -0.2) is 9.78 Å². The molecule has 2 aromatic heterocycles. The summed E-state index contributed by atoms with van der Waals surface area (Å²) in [7, 11) is 1.61. The molecule has 3 aromatic rings. The highest BCUT2D eigenvalue weighted by Crippen LogP contribution is 2.24. The van der Waals surface area contributed by atoms with E-state index < -0.39 is 11.2 Å². The molecule has 1 aromatic carbocycles. The molecule has 7 nitrogen and oxygen atoms in total. The fourth-order valence-electron chi connectivity index (χ4n) is 3.68. The molecule has 0 unspecified atom stereocenters. The molecule has 0 saturated carbocycles. The molecular weight excluding hydrogens is 389 g/mol. The average molecular weight is 409 g/mol. The zero-order valence-electron chi connectivity index (χ0n) is 14.9. The molecule has 9 heteroatoms. The summed E-state index contributed by atoms with van der Waals surface area (Å²) in [5.41, 5.74) is 0.818. The maximum atomic E-state index is 12.6. The number of quaternary nitrogens is 1. The van der Waals surface area contributed by atoms with Crippen LogP contribution in [0.25, 0.3) is 11.2 Å². The predicted octanol–water partition coefficient (Wildman–Crippen LogP) is 0.957. The molecule has 0 amide bonds. The predicted molar refractivity (Wildman–Crippen MR) is 105 cm³/mol. The number of likely N-dealkylation sites (tertiary alicyclic amines) is 1. The molecule has 1 aliphatic rings. The monoisotopic (exact) mass is 408 g/mol. The lowest BCUT2D eigenvalue weighted by molar-refractivity contribution is -0.902. The summed E-state index contributed by atoms with van der Waals surface area (Å²) in [4.78, 5) is 33.0. The Morgan fingerprint density at radius 1 is 1.19 bits per heavy atom. The quantitative estimate of drug-likeness (QED) is 0.674. The van der Waals surface area contributed by atoms with E-state index in [0.717, 1.165) is 24.5 Å². The molecule has 1 aliphatic heterocycles. The van der Waals surface area contributed by atoms with Crippen molar-refractivity contribution in [2.24, 2.45) is 7.05 Å². The number of H-pyrrole nitrogens is 1. The maximum Gasteiger partial charge on any atom is 0.329 e. The summed E-state index contributed by atoms with van der Waals surface area (Å²) >= 11 is 12.2. The molecule has 1 saturated heterocycles. The minimum atomic E-state index is -0.466. The number of fused-ring (bicyclic) bond motifs is 1. The first-order chi connectivity index (χ1) is 12.9. The van der Waals surface area contributed by atoms with E-state index in [-0.39, 0.29) is 0 Å². The van der Waals surface area contributed by atoms with Gasteiger partial charge in [-0.05, 0) is 17.7 Å². The topological polar surface area (TPSA) is 77.1 Å². The number of hydrogen-bond acceptors (Lipinski definition) is 3. The van der Waals surface area contributed by atoms with Gasteiger partial charge in [-0.2, -0.15) is 0 Å². The van der Waals surface area contributed by atoms with Crippen LogP contribution in [0.1, 0.15) is 24.2 Å². The van der Waals surface area contributed by atoms with E-state index >= 15 is 0 Å². The van der Waals surface area contributed by atoms with Crippen molar-refractivity contribution in [2.45, 2.75) is 25.9 Å². The van der Waals surface area contributed by atoms with Crippen molar-refractivity contribution < 1.29 is 4.90 Å². The minimum absolute atomic E-state index is 0.400.